The van der Waals surface area contributed by atoms with E-state index in [4.69, 9.17) is 0 Å². The molecule has 3 rings (SSSR count). The number of piperidine rings is 1. The lowest BCUT2D eigenvalue weighted by Gasteiger charge is -2.33. The maximum absolute atomic E-state index is 12.3. The van der Waals surface area contributed by atoms with Crippen molar-refractivity contribution in [2.45, 2.75) is 50.9 Å². The normalized spacial score (nSPS) is 20.9. The van der Waals surface area contributed by atoms with Crippen molar-refractivity contribution in [3.63, 3.8) is 0 Å². The zero-order chi connectivity index (χ0) is 14.7. The van der Waals surface area contributed by atoms with E-state index in [-0.39, 0.29) is 0 Å². The van der Waals surface area contributed by atoms with Crippen molar-refractivity contribution in [2.24, 2.45) is 5.92 Å². The Hall–Kier alpha value is -1.51. The van der Waals surface area contributed by atoms with Gasteiger partial charge in [-0.2, -0.15) is 0 Å². The van der Waals surface area contributed by atoms with Crippen molar-refractivity contribution in [3.05, 3.63) is 29.8 Å². The van der Waals surface area contributed by atoms with Gasteiger partial charge in [-0.3, -0.25) is 4.79 Å². The molecule has 1 aliphatic carbocycles. The van der Waals surface area contributed by atoms with Gasteiger partial charge < -0.3 is 10.0 Å². The van der Waals surface area contributed by atoms with Crippen LogP contribution in [0.2, 0.25) is 0 Å². The van der Waals surface area contributed by atoms with Crippen LogP contribution in [0.1, 0.15) is 56.4 Å². The number of benzene rings is 1. The highest BCUT2D eigenvalue weighted by atomic mass is 16.3. The third-order valence-electron chi connectivity index (χ3n) is 5.15. The minimum atomic E-state index is 0.322. The zero-order valence-corrected chi connectivity index (χ0v) is 12.6. The van der Waals surface area contributed by atoms with Crippen molar-refractivity contribution in [3.8, 4) is 5.75 Å². The molecule has 0 radical (unpaired) electrons. The Balaban J connectivity index is 1.50. The van der Waals surface area contributed by atoms with Crippen LogP contribution in [-0.2, 0) is 4.79 Å². The van der Waals surface area contributed by atoms with E-state index >= 15 is 0 Å². The summed E-state index contributed by atoms with van der Waals surface area (Å²) in [5, 5.41) is 9.35. The molecule has 114 valence electrons. The molecular weight excluding hydrogens is 262 g/mol. The summed E-state index contributed by atoms with van der Waals surface area (Å²) >= 11 is 0. The van der Waals surface area contributed by atoms with E-state index in [1.165, 1.54) is 31.2 Å². The molecule has 1 aliphatic heterocycles. The van der Waals surface area contributed by atoms with Gasteiger partial charge in [-0.25, -0.2) is 0 Å². The van der Waals surface area contributed by atoms with E-state index in [1.807, 2.05) is 12.1 Å². The Kier molecular flexibility index (Phi) is 4.47. The summed E-state index contributed by atoms with van der Waals surface area (Å²) in [6.07, 6.45) is 7.96. The van der Waals surface area contributed by atoms with E-state index in [2.05, 4.69) is 4.90 Å². The van der Waals surface area contributed by atoms with Gasteiger partial charge in [-0.15, -0.1) is 0 Å². The molecule has 1 N–H and O–H groups in total. The lowest BCUT2D eigenvalue weighted by molar-refractivity contribution is -0.133. The van der Waals surface area contributed by atoms with Crippen LogP contribution in [0, 0.1) is 5.92 Å². The van der Waals surface area contributed by atoms with Crippen LogP contribution in [-0.4, -0.2) is 29.0 Å². The lowest BCUT2D eigenvalue weighted by atomic mass is 9.89. The molecule has 0 atom stereocenters. The standard InChI is InChI=1S/C18H25NO2/c20-17-7-5-15(6-8-17)16-9-11-19(12-10-16)18(21)13-14-3-1-2-4-14/h5-8,14,16,20H,1-4,9-13H2. The summed E-state index contributed by atoms with van der Waals surface area (Å²) in [6, 6.07) is 7.53. The molecule has 0 spiro atoms. The van der Waals surface area contributed by atoms with Crippen molar-refractivity contribution in [1.82, 2.24) is 4.90 Å². The summed E-state index contributed by atoms with van der Waals surface area (Å²) in [6.45, 7) is 1.77. The molecule has 2 aliphatic rings. The van der Waals surface area contributed by atoms with Crippen LogP contribution in [0.4, 0.5) is 0 Å². The van der Waals surface area contributed by atoms with E-state index in [9.17, 15) is 9.90 Å². The maximum Gasteiger partial charge on any atom is 0.222 e. The molecular formula is C18H25NO2. The van der Waals surface area contributed by atoms with Crippen LogP contribution < -0.4 is 0 Å². The third kappa shape index (κ3) is 3.58. The van der Waals surface area contributed by atoms with Gasteiger partial charge in [0, 0.05) is 19.5 Å². The molecule has 2 fully saturated rings. The first-order valence-corrected chi connectivity index (χ1v) is 8.29. The first-order valence-electron chi connectivity index (χ1n) is 8.29. The van der Waals surface area contributed by atoms with Crippen LogP contribution in [0.15, 0.2) is 24.3 Å². The minimum Gasteiger partial charge on any atom is -0.508 e. The molecule has 3 nitrogen and oxygen atoms in total. The summed E-state index contributed by atoms with van der Waals surface area (Å²) in [5.74, 6) is 1.86. The van der Waals surface area contributed by atoms with Gasteiger partial charge in [0.2, 0.25) is 5.91 Å². The lowest BCUT2D eigenvalue weighted by Crippen LogP contribution is -2.38. The van der Waals surface area contributed by atoms with Crippen molar-refractivity contribution < 1.29 is 9.90 Å². The fourth-order valence-electron chi connectivity index (χ4n) is 3.80. The number of likely N-dealkylation sites (tertiary alicyclic amines) is 1. The topological polar surface area (TPSA) is 40.5 Å². The van der Waals surface area contributed by atoms with Gasteiger partial charge in [0.25, 0.3) is 0 Å². The predicted octanol–water partition coefficient (Wildman–Crippen LogP) is 3.68. The average Bonchev–Trinajstić information content (AvgIpc) is 3.01. The highest BCUT2D eigenvalue weighted by Crippen LogP contribution is 2.31. The molecule has 1 saturated carbocycles. The number of nitrogens with zero attached hydrogens (tertiary/aromatic N) is 1. The second-order valence-corrected chi connectivity index (χ2v) is 6.60. The van der Waals surface area contributed by atoms with Gasteiger partial charge in [0.05, 0.1) is 0 Å². The van der Waals surface area contributed by atoms with E-state index in [0.29, 0.717) is 23.5 Å². The number of carbonyl (C=O) groups excluding carboxylic acids is 1. The number of phenols is 1. The second-order valence-electron chi connectivity index (χ2n) is 6.60. The Labute approximate surface area is 127 Å². The molecule has 0 aromatic heterocycles. The van der Waals surface area contributed by atoms with Gasteiger partial charge in [-0.1, -0.05) is 25.0 Å². The summed E-state index contributed by atoms with van der Waals surface area (Å²) in [4.78, 5) is 14.4. The first kappa shape index (κ1) is 14.4. The molecule has 1 heterocycles. The Morgan fingerprint density at radius 1 is 1.05 bits per heavy atom. The van der Waals surface area contributed by atoms with E-state index < -0.39 is 0 Å². The summed E-state index contributed by atoms with van der Waals surface area (Å²) in [7, 11) is 0. The molecule has 1 aromatic carbocycles. The Bertz CT molecular complexity index is 468. The molecule has 21 heavy (non-hydrogen) atoms. The SMILES string of the molecule is O=C(CC1CCCC1)N1CCC(c2ccc(O)cc2)CC1. The van der Waals surface area contributed by atoms with Gasteiger partial charge >= 0.3 is 0 Å². The fraction of sp³-hybridized carbons (Fsp3) is 0.611. The number of phenolic OH excluding ortho intramolecular Hbond substituents is 1. The van der Waals surface area contributed by atoms with Crippen molar-refractivity contribution >= 4 is 5.91 Å². The highest BCUT2D eigenvalue weighted by molar-refractivity contribution is 5.76. The smallest absolute Gasteiger partial charge is 0.222 e. The van der Waals surface area contributed by atoms with Crippen LogP contribution >= 0.6 is 0 Å². The number of rotatable bonds is 3. The van der Waals surface area contributed by atoms with Crippen LogP contribution in [0.5, 0.6) is 5.75 Å². The van der Waals surface area contributed by atoms with Crippen LogP contribution in [0.25, 0.3) is 0 Å². The Morgan fingerprint density at radius 3 is 2.29 bits per heavy atom. The number of hydrogen-bond acceptors (Lipinski definition) is 2. The Morgan fingerprint density at radius 2 is 1.67 bits per heavy atom. The predicted molar refractivity (Wildman–Crippen MR) is 83.2 cm³/mol. The van der Waals surface area contributed by atoms with Gasteiger partial charge in [0.1, 0.15) is 5.75 Å². The largest absolute Gasteiger partial charge is 0.508 e. The van der Waals surface area contributed by atoms with E-state index in [0.717, 1.165) is 32.4 Å². The molecule has 1 saturated heterocycles. The second kappa shape index (κ2) is 6.50. The maximum atomic E-state index is 12.3. The number of amides is 1. The summed E-state index contributed by atoms with van der Waals surface area (Å²) in [5.41, 5.74) is 1.29. The first-order chi connectivity index (χ1) is 10.2. The number of carbonyl (C=O) groups is 1. The molecule has 1 amide bonds. The average molecular weight is 287 g/mol. The molecule has 0 unspecified atom stereocenters. The molecule has 3 heteroatoms. The fourth-order valence-corrected chi connectivity index (χ4v) is 3.80. The highest BCUT2D eigenvalue weighted by Gasteiger charge is 2.26. The van der Waals surface area contributed by atoms with E-state index in [1.54, 1.807) is 12.1 Å². The quantitative estimate of drug-likeness (QED) is 0.921. The molecule has 1 aromatic rings. The van der Waals surface area contributed by atoms with Gasteiger partial charge in [0.15, 0.2) is 0 Å². The van der Waals surface area contributed by atoms with Crippen molar-refractivity contribution in [1.29, 1.82) is 0 Å². The minimum absolute atomic E-state index is 0.322. The zero-order valence-electron chi connectivity index (χ0n) is 12.6. The monoisotopic (exact) mass is 287 g/mol. The van der Waals surface area contributed by atoms with Crippen LogP contribution in [0.3, 0.4) is 0 Å². The van der Waals surface area contributed by atoms with Gasteiger partial charge in [-0.05, 0) is 55.2 Å². The number of aromatic hydroxyl groups is 1. The number of hydrogen-bond donors (Lipinski definition) is 1. The summed E-state index contributed by atoms with van der Waals surface area (Å²) < 4.78 is 0. The van der Waals surface area contributed by atoms with Crippen molar-refractivity contribution in [2.75, 3.05) is 13.1 Å². The molecule has 0 bridgehead atoms. The third-order valence-corrected chi connectivity index (χ3v) is 5.15.